The number of halogens is 1. The maximum absolute atomic E-state index is 13.2. The lowest BCUT2D eigenvalue weighted by Gasteiger charge is -2.12. The summed E-state index contributed by atoms with van der Waals surface area (Å²) in [5, 5.41) is 11.4. The van der Waals surface area contributed by atoms with Gasteiger partial charge in [-0.05, 0) is 41.4 Å². The number of aryl methyl sites for hydroxylation is 2. The summed E-state index contributed by atoms with van der Waals surface area (Å²) in [6, 6.07) is 3.41. The summed E-state index contributed by atoms with van der Waals surface area (Å²) in [6.07, 6.45) is 5.62. The zero-order chi connectivity index (χ0) is 22.0. The van der Waals surface area contributed by atoms with Gasteiger partial charge in [-0.25, -0.2) is 9.39 Å². The molecule has 4 heterocycles. The predicted octanol–water partition coefficient (Wildman–Crippen LogP) is 2.74. The van der Waals surface area contributed by atoms with Crippen molar-refractivity contribution in [2.45, 2.75) is 52.5 Å². The standard InChI is InChI=1S/C21H24BrN7O2/c1-3-4-5-10-28-18-15(12-16(22)25-18)20(31)29-17(26-27-21(28)29)7-9-24-19(30)14-6-8-23-13(2)11-14/h6,8,11H,3-5,7,9-10,12H2,1-2H3,(H,24,30). The topological polar surface area (TPSA) is 107 Å². The molecular formula is C21H24BrN7O2. The molecule has 0 aliphatic carbocycles. The van der Waals surface area contributed by atoms with E-state index in [-0.39, 0.29) is 11.5 Å². The van der Waals surface area contributed by atoms with Gasteiger partial charge in [0.25, 0.3) is 11.5 Å². The summed E-state index contributed by atoms with van der Waals surface area (Å²) < 4.78 is 4.29. The molecule has 0 saturated carbocycles. The predicted molar refractivity (Wildman–Crippen MR) is 122 cm³/mol. The molecule has 3 aromatic rings. The van der Waals surface area contributed by atoms with Crippen LogP contribution in [0.2, 0.25) is 0 Å². The molecular weight excluding hydrogens is 462 g/mol. The van der Waals surface area contributed by atoms with Crippen LogP contribution in [0.4, 0.5) is 5.82 Å². The lowest BCUT2D eigenvalue weighted by Crippen LogP contribution is -2.28. The highest BCUT2D eigenvalue weighted by atomic mass is 79.9. The number of amides is 1. The van der Waals surface area contributed by atoms with Crippen molar-refractivity contribution in [3.63, 3.8) is 0 Å². The maximum Gasteiger partial charge on any atom is 0.266 e. The Kier molecular flexibility index (Phi) is 6.26. The molecule has 0 unspecified atom stereocenters. The summed E-state index contributed by atoms with van der Waals surface area (Å²) in [5.74, 6) is 1.51. The fourth-order valence-electron chi connectivity index (χ4n) is 3.73. The number of carbonyl (C=O) groups excluding carboxylic acids is 1. The third kappa shape index (κ3) is 4.30. The molecule has 3 aromatic heterocycles. The van der Waals surface area contributed by atoms with E-state index in [1.54, 1.807) is 22.7 Å². The van der Waals surface area contributed by atoms with Crippen LogP contribution in [-0.2, 0) is 19.4 Å². The Balaban J connectivity index is 1.58. The van der Waals surface area contributed by atoms with Crippen LogP contribution in [0.3, 0.4) is 0 Å². The molecule has 0 atom stereocenters. The minimum absolute atomic E-state index is 0.147. The first-order valence-corrected chi connectivity index (χ1v) is 11.2. The Morgan fingerprint density at radius 1 is 1.29 bits per heavy atom. The number of fused-ring (bicyclic) bond motifs is 2. The lowest BCUT2D eigenvalue weighted by atomic mass is 10.2. The summed E-state index contributed by atoms with van der Waals surface area (Å²) >= 11 is 3.43. The zero-order valence-electron chi connectivity index (χ0n) is 17.6. The third-order valence-electron chi connectivity index (χ3n) is 5.27. The van der Waals surface area contributed by atoms with Gasteiger partial charge in [0, 0.05) is 43.4 Å². The van der Waals surface area contributed by atoms with Crippen LogP contribution in [0.1, 0.15) is 53.6 Å². The number of hydrogen-bond donors (Lipinski definition) is 1. The Morgan fingerprint density at radius 3 is 2.90 bits per heavy atom. The van der Waals surface area contributed by atoms with Gasteiger partial charge in [0.15, 0.2) is 0 Å². The molecule has 0 radical (unpaired) electrons. The first kappa shape index (κ1) is 21.4. The molecule has 1 N–H and O–H groups in total. The zero-order valence-corrected chi connectivity index (χ0v) is 19.1. The summed E-state index contributed by atoms with van der Waals surface area (Å²) in [4.78, 5) is 34.2. The minimum atomic E-state index is -0.186. The highest BCUT2D eigenvalue weighted by molar-refractivity contribution is 9.18. The van der Waals surface area contributed by atoms with Crippen molar-refractivity contribution in [3.8, 4) is 0 Å². The van der Waals surface area contributed by atoms with Gasteiger partial charge in [-0.1, -0.05) is 19.8 Å². The molecule has 162 valence electrons. The highest BCUT2D eigenvalue weighted by Crippen LogP contribution is 2.28. The number of aliphatic imine (C=N–C) groups is 1. The first-order chi connectivity index (χ1) is 15.0. The Bertz CT molecular complexity index is 1230. The first-order valence-electron chi connectivity index (χ1n) is 10.4. The number of unbranched alkanes of at least 4 members (excludes halogenated alkanes) is 2. The van der Waals surface area contributed by atoms with E-state index in [1.165, 1.54) is 0 Å². The van der Waals surface area contributed by atoms with Crippen LogP contribution in [0, 0.1) is 6.92 Å². The molecule has 1 aliphatic rings. The Hall–Kier alpha value is -2.88. The van der Waals surface area contributed by atoms with E-state index in [2.05, 4.69) is 48.3 Å². The van der Waals surface area contributed by atoms with Gasteiger partial charge < -0.3 is 5.32 Å². The molecule has 10 heteroatoms. The molecule has 0 spiro atoms. The van der Waals surface area contributed by atoms with Gasteiger partial charge in [0.2, 0.25) is 5.78 Å². The van der Waals surface area contributed by atoms with Crippen molar-refractivity contribution < 1.29 is 4.79 Å². The number of hydrogen-bond acceptors (Lipinski definition) is 6. The normalized spacial score (nSPS) is 12.8. The van der Waals surface area contributed by atoms with E-state index >= 15 is 0 Å². The van der Waals surface area contributed by atoms with Crippen molar-refractivity contribution in [1.82, 2.24) is 29.5 Å². The fraction of sp³-hybridized carbons (Fsp3) is 0.429. The lowest BCUT2D eigenvalue weighted by molar-refractivity contribution is 0.0953. The fourth-order valence-corrected chi connectivity index (χ4v) is 4.17. The van der Waals surface area contributed by atoms with Crippen molar-refractivity contribution >= 4 is 38.1 Å². The summed E-state index contributed by atoms with van der Waals surface area (Å²) in [5.41, 5.74) is 1.83. The van der Waals surface area contributed by atoms with Gasteiger partial charge in [0.05, 0.1) is 10.2 Å². The average Bonchev–Trinajstić information content (AvgIpc) is 3.34. The molecule has 0 fully saturated rings. The molecule has 0 bridgehead atoms. The molecule has 1 aliphatic heterocycles. The summed E-state index contributed by atoms with van der Waals surface area (Å²) in [6.45, 7) is 5.05. The van der Waals surface area contributed by atoms with Gasteiger partial charge in [0.1, 0.15) is 11.6 Å². The van der Waals surface area contributed by atoms with Crippen molar-refractivity contribution in [2.24, 2.45) is 4.99 Å². The van der Waals surface area contributed by atoms with E-state index in [4.69, 9.17) is 0 Å². The van der Waals surface area contributed by atoms with E-state index in [0.717, 1.165) is 36.1 Å². The molecule has 0 aromatic carbocycles. The summed E-state index contributed by atoms with van der Waals surface area (Å²) in [7, 11) is 0. The Labute approximate surface area is 187 Å². The van der Waals surface area contributed by atoms with E-state index < -0.39 is 0 Å². The van der Waals surface area contributed by atoms with Crippen molar-refractivity contribution in [3.05, 3.63) is 51.3 Å². The van der Waals surface area contributed by atoms with Gasteiger partial charge >= 0.3 is 0 Å². The van der Waals surface area contributed by atoms with Crippen molar-refractivity contribution in [2.75, 3.05) is 6.54 Å². The van der Waals surface area contributed by atoms with Gasteiger partial charge in [-0.3, -0.25) is 19.1 Å². The average molecular weight is 486 g/mol. The van der Waals surface area contributed by atoms with Crippen molar-refractivity contribution in [1.29, 1.82) is 0 Å². The van der Waals surface area contributed by atoms with Crippen LogP contribution in [-0.4, -0.2) is 41.2 Å². The monoisotopic (exact) mass is 485 g/mol. The molecule has 0 saturated heterocycles. The van der Waals surface area contributed by atoms with Crippen LogP contribution < -0.4 is 10.9 Å². The SMILES string of the molecule is CCCCCn1c2c(c(=O)n3c(CCNC(=O)c4ccnc(C)c4)nnc13)CC(Br)=N2. The molecule has 31 heavy (non-hydrogen) atoms. The maximum atomic E-state index is 13.2. The molecule has 1 amide bonds. The second-order valence-corrected chi connectivity index (χ2v) is 8.49. The second-order valence-electron chi connectivity index (χ2n) is 7.57. The highest BCUT2D eigenvalue weighted by Gasteiger charge is 2.25. The number of nitrogens with zero attached hydrogens (tertiary/aromatic N) is 6. The van der Waals surface area contributed by atoms with Crippen LogP contribution in [0.25, 0.3) is 5.78 Å². The number of carbonyl (C=O) groups is 1. The van der Waals surface area contributed by atoms with Crippen LogP contribution >= 0.6 is 15.9 Å². The number of nitrogens with one attached hydrogen (secondary N) is 1. The van der Waals surface area contributed by atoms with E-state index in [1.807, 2.05) is 11.5 Å². The third-order valence-corrected chi connectivity index (χ3v) is 5.73. The number of rotatable bonds is 8. The molecule has 4 rings (SSSR count). The Morgan fingerprint density at radius 2 is 2.13 bits per heavy atom. The smallest absolute Gasteiger partial charge is 0.266 e. The van der Waals surface area contributed by atoms with Crippen LogP contribution in [0.5, 0.6) is 0 Å². The van der Waals surface area contributed by atoms with Gasteiger partial charge in [-0.15, -0.1) is 10.2 Å². The second kappa shape index (κ2) is 9.09. The molecule has 9 nitrogen and oxygen atoms in total. The van der Waals surface area contributed by atoms with E-state index in [9.17, 15) is 9.59 Å². The number of aromatic nitrogens is 5. The quantitative estimate of drug-likeness (QED) is 0.493. The minimum Gasteiger partial charge on any atom is -0.352 e. The van der Waals surface area contributed by atoms with E-state index in [0.29, 0.717) is 47.9 Å². The van der Waals surface area contributed by atoms with Gasteiger partial charge in [-0.2, -0.15) is 0 Å². The number of pyridine rings is 1. The van der Waals surface area contributed by atoms with Crippen LogP contribution in [0.15, 0.2) is 28.1 Å². The largest absolute Gasteiger partial charge is 0.352 e.